The molecule has 2 aromatic heterocycles. The van der Waals surface area contributed by atoms with E-state index in [1.54, 1.807) is 42.1 Å². The summed E-state index contributed by atoms with van der Waals surface area (Å²) in [5, 5.41) is 21.0. The molecule has 1 aliphatic heterocycles. The van der Waals surface area contributed by atoms with Crippen LogP contribution in [0.3, 0.4) is 0 Å². The van der Waals surface area contributed by atoms with Crippen LogP contribution >= 0.6 is 0 Å². The van der Waals surface area contributed by atoms with Crippen molar-refractivity contribution in [3.05, 3.63) is 109 Å². The molecule has 0 fully saturated rings. The van der Waals surface area contributed by atoms with Crippen molar-refractivity contribution in [3.8, 4) is 11.8 Å². The number of nitrogens with zero attached hydrogens (tertiary/aromatic N) is 4. The van der Waals surface area contributed by atoms with Crippen molar-refractivity contribution in [1.82, 2.24) is 9.55 Å². The number of nitriles is 1. The standard InChI is InChI=1S/C22H17N5O4/c1-13-8-18-20(22(28)26(13)12-14-4-3-7-25-11-14)19(17(10-23)21(24)31-18)15-5-2-6-16(9-15)27(29)30/h2-9,11,19H,12,24H2,1H3/t19-/m0/s1. The number of hydrogen-bond acceptors (Lipinski definition) is 7. The Balaban J connectivity index is 1.94. The van der Waals surface area contributed by atoms with Gasteiger partial charge >= 0.3 is 0 Å². The summed E-state index contributed by atoms with van der Waals surface area (Å²) in [5.41, 5.74) is 7.57. The number of allylic oxidation sites excluding steroid dienone is 1. The average Bonchev–Trinajstić information content (AvgIpc) is 2.76. The van der Waals surface area contributed by atoms with Gasteiger partial charge in [0.15, 0.2) is 0 Å². The minimum absolute atomic E-state index is 0.0295. The lowest BCUT2D eigenvalue weighted by atomic mass is 9.84. The van der Waals surface area contributed by atoms with Crippen LogP contribution in [0.1, 0.15) is 28.3 Å². The Hall–Kier alpha value is -4.45. The summed E-state index contributed by atoms with van der Waals surface area (Å²) in [7, 11) is 0. The SMILES string of the molecule is Cc1cc2c(c(=O)n1Cc1cccnc1)[C@@H](c1cccc([N+](=O)[O-])c1)C(C#N)=C(N)O2. The Morgan fingerprint density at radius 3 is 2.81 bits per heavy atom. The first kappa shape index (κ1) is 19.8. The number of ether oxygens (including phenoxy) is 1. The predicted molar refractivity (Wildman–Crippen MR) is 111 cm³/mol. The fourth-order valence-electron chi connectivity index (χ4n) is 3.71. The Morgan fingerprint density at radius 1 is 1.32 bits per heavy atom. The summed E-state index contributed by atoms with van der Waals surface area (Å²) in [4.78, 5) is 28.4. The highest BCUT2D eigenvalue weighted by molar-refractivity contribution is 5.56. The third-order valence-electron chi connectivity index (χ3n) is 5.17. The van der Waals surface area contributed by atoms with Crippen LogP contribution in [-0.2, 0) is 6.54 Å². The average molecular weight is 415 g/mol. The second-order valence-electron chi connectivity index (χ2n) is 7.09. The monoisotopic (exact) mass is 415 g/mol. The lowest BCUT2D eigenvalue weighted by molar-refractivity contribution is -0.384. The molecule has 0 spiro atoms. The molecule has 0 saturated carbocycles. The van der Waals surface area contributed by atoms with Gasteiger partial charge in [-0.25, -0.2) is 0 Å². The molecule has 0 unspecified atom stereocenters. The smallest absolute Gasteiger partial charge is 0.269 e. The molecule has 3 aromatic rings. The van der Waals surface area contributed by atoms with Crippen LogP contribution in [0.15, 0.2) is 71.1 Å². The van der Waals surface area contributed by atoms with Crippen molar-refractivity contribution in [3.63, 3.8) is 0 Å². The van der Waals surface area contributed by atoms with Gasteiger partial charge in [0.25, 0.3) is 11.2 Å². The topological polar surface area (TPSA) is 137 Å². The number of hydrogen-bond donors (Lipinski definition) is 1. The number of benzene rings is 1. The van der Waals surface area contributed by atoms with Crippen LogP contribution in [0.2, 0.25) is 0 Å². The highest BCUT2D eigenvalue weighted by Gasteiger charge is 2.35. The maximum atomic E-state index is 13.6. The van der Waals surface area contributed by atoms with E-state index in [0.29, 0.717) is 11.3 Å². The largest absolute Gasteiger partial charge is 0.440 e. The van der Waals surface area contributed by atoms with Gasteiger partial charge < -0.3 is 15.0 Å². The van der Waals surface area contributed by atoms with Crippen LogP contribution in [0.4, 0.5) is 5.69 Å². The van der Waals surface area contributed by atoms with E-state index >= 15 is 0 Å². The maximum absolute atomic E-state index is 13.6. The van der Waals surface area contributed by atoms with Crippen molar-refractivity contribution in [2.75, 3.05) is 0 Å². The third-order valence-corrected chi connectivity index (χ3v) is 5.17. The molecule has 0 bridgehead atoms. The van der Waals surface area contributed by atoms with Gasteiger partial charge in [0.05, 0.1) is 22.9 Å². The van der Waals surface area contributed by atoms with E-state index in [-0.39, 0.29) is 40.6 Å². The van der Waals surface area contributed by atoms with Crippen molar-refractivity contribution in [2.24, 2.45) is 5.73 Å². The molecule has 0 amide bonds. The number of nitro groups is 1. The number of rotatable bonds is 4. The fraction of sp³-hybridized carbons (Fsp3) is 0.136. The number of aromatic nitrogens is 2. The summed E-state index contributed by atoms with van der Waals surface area (Å²) < 4.78 is 7.16. The number of nitrogens with two attached hydrogens (primary N) is 1. The van der Waals surface area contributed by atoms with Gasteiger partial charge in [-0.2, -0.15) is 5.26 Å². The first-order chi connectivity index (χ1) is 14.9. The number of fused-ring (bicyclic) bond motifs is 1. The Labute approximate surface area is 176 Å². The molecule has 0 radical (unpaired) electrons. The van der Waals surface area contributed by atoms with Gasteiger partial charge in [-0.1, -0.05) is 18.2 Å². The zero-order chi connectivity index (χ0) is 22.1. The molecule has 4 rings (SSSR count). The first-order valence-corrected chi connectivity index (χ1v) is 9.36. The van der Waals surface area contributed by atoms with E-state index < -0.39 is 10.8 Å². The molecule has 1 aliphatic rings. The van der Waals surface area contributed by atoms with Crippen LogP contribution in [0, 0.1) is 28.4 Å². The van der Waals surface area contributed by atoms with Crippen LogP contribution in [-0.4, -0.2) is 14.5 Å². The van der Waals surface area contributed by atoms with Crippen molar-refractivity contribution < 1.29 is 9.66 Å². The summed E-state index contributed by atoms with van der Waals surface area (Å²) >= 11 is 0. The molecule has 31 heavy (non-hydrogen) atoms. The van der Waals surface area contributed by atoms with Gasteiger partial charge in [-0.05, 0) is 24.1 Å². The molecule has 1 aromatic carbocycles. The lowest BCUT2D eigenvalue weighted by Gasteiger charge is -2.27. The summed E-state index contributed by atoms with van der Waals surface area (Å²) in [6.45, 7) is 2.04. The van der Waals surface area contributed by atoms with E-state index in [2.05, 4.69) is 4.98 Å². The second-order valence-corrected chi connectivity index (χ2v) is 7.09. The molecule has 9 heteroatoms. The Bertz CT molecular complexity index is 1320. The minimum Gasteiger partial charge on any atom is -0.440 e. The molecular weight excluding hydrogens is 398 g/mol. The maximum Gasteiger partial charge on any atom is 0.269 e. The zero-order valence-corrected chi connectivity index (χ0v) is 16.5. The Kier molecular flexibility index (Phi) is 4.97. The van der Waals surface area contributed by atoms with Gasteiger partial charge in [0.1, 0.15) is 17.4 Å². The van der Waals surface area contributed by atoms with E-state index in [0.717, 1.165) is 5.56 Å². The molecule has 3 heterocycles. The second kappa shape index (κ2) is 7.76. The van der Waals surface area contributed by atoms with Crippen LogP contribution < -0.4 is 16.0 Å². The normalized spacial score (nSPS) is 15.0. The Morgan fingerprint density at radius 2 is 2.13 bits per heavy atom. The van der Waals surface area contributed by atoms with Crippen LogP contribution in [0.25, 0.3) is 0 Å². The predicted octanol–water partition coefficient (Wildman–Crippen LogP) is 2.73. The van der Waals surface area contributed by atoms with E-state index in [4.69, 9.17) is 10.5 Å². The van der Waals surface area contributed by atoms with Gasteiger partial charge in [0, 0.05) is 36.3 Å². The van der Waals surface area contributed by atoms with Gasteiger partial charge in [-0.15, -0.1) is 0 Å². The summed E-state index contributed by atoms with van der Waals surface area (Å²) in [5.74, 6) is -0.782. The highest BCUT2D eigenvalue weighted by atomic mass is 16.6. The lowest BCUT2D eigenvalue weighted by Crippen LogP contribution is -2.33. The fourth-order valence-corrected chi connectivity index (χ4v) is 3.71. The molecule has 154 valence electrons. The molecular formula is C22H17N5O4. The number of nitro benzene ring substituents is 1. The molecule has 1 atom stereocenters. The van der Waals surface area contributed by atoms with Crippen molar-refractivity contribution in [1.29, 1.82) is 5.26 Å². The summed E-state index contributed by atoms with van der Waals surface area (Å²) in [6.07, 6.45) is 3.31. The van der Waals surface area contributed by atoms with Crippen molar-refractivity contribution in [2.45, 2.75) is 19.4 Å². The minimum atomic E-state index is -0.887. The molecule has 0 saturated heterocycles. The van der Waals surface area contributed by atoms with E-state index in [1.807, 2.05) is 12.1 Å². The third kappa shape index (κ3) is 3.51. The molecule has 2 N–H and O–H groups in total. The first-order valence-electron chi connectivity index (χ1n) is 9.36. The zero-order valence-electron chi connectivity index (χ0n) is 16.5. The number of pyridine rings is 2. The van der Waals surface area contributed by atoms with Gasteiger partial charge in [0.2, 0.25) is 5.88 Å². The number of aryl methyl sites for hydroxylation is 1. The van der Waals surface area contributed by atoms with E-state index in [9.17, 15) is 20.2 Å². The molecule has 0 aliphatic carbocycles. The molecule has 9 nitrogen and oxygen atoms in total. The van der Waals surface area contributed by atoms with Gasteiger partial charge in [-0.3, -0.25) is 19.9 Å². The number of non-ortho nitro benzene ring substituents is 1. The summed E-state index contributed by atoms with van der Waals surface area (Å²) in [6, 6.07) is 13.1. The van der Waals surface area contributed by atoms with Crippen molar-refractivity contribution >= 4 is 5.69 Å². The van der Waals surface area contributed by atoms with E-state index in [1.165, 1.54) is 18.2 Å². The highest BCUT2D eigenvalue weighted by Crippen LogP contribution is 2.41. The quantitative estimate of drug-likeness (QED) is 0.511. The van der Waals surface area contributed by atoms with Crippen LogP contribution in [0.5, 0.6) is 5.75 Å².